The van der Waals surface area contributed by atoms with E-state index >= 15 is 0 Å². The fourth-order valence-corrected chi connectivity index (χ4v) is 5.23. The molecule has 2 N–H and O–H groups in total. The van der Waals surface area contributed by atoms with Gasteiger partial charge in [-0.25, -0.2) is 0 Å². The summed E-state index contributed by atoms with van der Waals surface area (Å²) in [6.45, 7) is 2.62. The van der Waals surface area contributed by atoms with Gasteiger partial charge in [-0.3, -0.25) is 14.6 Å². The standard InChI is InChI=1S/C28H31N5O2/c1-32(2)16-6-9-22(34)33-17-12-28(13-18-33)19-30-27(35)24-23(20-7-4-3-5-8-20)25(31-26(24)28)21-10-14-29-15-11-21/h3-11,14-15,31H,12-13,16-19H2,1-2H3,(H,30,35)/b9-6+. The fraction of sp³-hybridized carbons (Fsp3) is 0.321. The summed E-state index contributed by atoms with van der Waals surface area (Å²) in [7, 11) is 3.96. The molecule has 0 radical (unpaired) electrons. The third-order valence-electron chi connectivity index (χ3n) is 7.14. The molecule has 7 heteroatoms. The number of likely N-dealkylation sites (tertiary alicyclic amines) is 1. The lowest BCUT2D eigenvalue weighted by molar-refractivity contribution is -0.127. The van der Waals surface area contributed by atoms with Gasteiger partial charge in [-0.1, -0.05) is 36.4 Å². The first-order chi connectivity index (χ1) is 17.0. The summed E-state index contributed by atoms with van der Waals surface area (Å²) in [5, 5.41) is 3.17. The number of carbonyl (C=O) groups is 2. The van der Waals surface area contributed by atoms with Gasteiger partial charge in [-0.15, -0.1) is 0 Å². The van der Waals surface area contributed by atoms with E-state index in [1.54, 1.807) is 18.5 Å². The lowest BCUT2D eigenvalue weighted by Crippen LogP contribution is -2.53. The molecule has 0 bridgehead atoms. The van der Waals surface area contributed by atoms with Gasteiger partial charge in [0.15, 0.2) is 0 Å². The van der Waals surface area contributed by atoms with Crippen LogP contribution in [-0.4, -0.2) is 71.9 Å². The van der Waals surface area contributed by atoms with Crippen molar-refractivity contribution in [3.8, 4) is 22.4 Å². The van der Waals surface area contributed by atoms with E-state index in [1.165, 1.54) is 0 Å². The Hall–Kier alpha value is -3.71. The Bertz CT molecular complexity index is 1240. The van der Waals surface area contributed by atoms with Crippen LogP contribution in [0.3, 0.4) is 0 Å². The molecule has 2 aliphatic heterocycles. The van der Waals surface area contributed by atoms with Crippen LogP contribution in [0.5, 0.6) is 0 Å². The molecule has 3 aromatic rings. The molecule has 1 fully saturated rings. The summed E-state index contributed by atoms with van der Waals surface area (Å²) >= 11 is 0. The molecule has 1 spiro atoms. The summed E-state index contributed by atoms with van der Waals surface area (Å²) in [6, 6.07) is 14.0. The second-order valence-corrected chi connectivity index (χ2v) is 9.68. The number of hydrogen-bond acceptors (Lipinski definition) is 4. The molecule has 7 nitrogen and oxygen atoms in total. The van der Waals surface area contributed by atoms with E-state index in [9.17, 15) is 9.59 Å². The lowest BCUT2D eigenvalue weighted by atomic mass is 9.71. The summed E-state index contributed by atoms with van der Waals surface area (Å²) in [6.07, 6.45) is 8.71. The van der Waals surface area contributed by atoms with Crippen LogP contribution in [0.15, 0.2) is 67.0 Å². The number of nitrogens with one attached hydrogen (secondary N) is 2. The topological polar surface area (TPSA) is 81.3 Å². The van der Waals surface area contributed by atoms with Crippen LogP contribution in [0.25, 0.3) is 22.4 Å². The molecule has 35 heavy (non-hydrogen) atoms. The van der Waals surface area contributed by atoms with E-state index in [1.807, 2.05) is 72.4 Å². The molecule has 2 aromatic heterocycles. The van der Waals surface area contributed by atoms with Crippen molar-refractivity contribution in [1.82, 2.24) is 25.1 Å². The van der Waals surface area contributed by atoms with Crippen LogP contribution in [0.2, 0.25) is 0 Å². The minimum atomic E-state index is -0.234. The SMILES string of the molecule is CN(C)C/C=C/C(=O)N1CCC2(CC1)CNC(=O)c1c2[nH]c(-c2ccncc2)c1-c1ccccc1. The molecule has 1 saturated heterocycles. The molecule has 2 amide bonds. The molecule has 2 aliphatic rings. The van der Waals surface area contributed by atoms with E-state index in [0.717, 1.165) is 53.0 Å². The molecule has 0 atom stereocenters. The number of fused-ring (bicyclic) bond motifs is 2. The number of pyridine rings is 1. The van der Waals surface area contributed by atoms with Gasteiger partial charge >= 0.3 is 0 Å². The number of aromatic amines is 1. The van der Waals surface area contributed by atoms with Gasteiger partial charge in [0.1, 0.15) is 0 Å². The number of amides is 2. The van der Waals surface area contributed by atoms with Crippen LogP contribution in [0, 0.1) is 0 Å². The molecule has 180 valence electrons. The Morgan fingerprint density at radius 1 is 1.06 bits per heavy atom. The quantitative estimate of drug-likeness (QED) is 0.561. The lowest BCUT2D eigenvalue weighted by Gasteiger charge is -2.43. The van der Waals surface area contributed by atoms with Crippen LogP contribution in [0.4, 0.5) is 0 Å². The smallest absolute Gasteiger partial charge is 0.253 e. The fourth-order valence-electron chi connectivity index (χ4n) is 5.23. The minimum absolute atomic E-state index is 0.0499. The third kappa shape index (κ3) is 4.39. The van der Waals surface area contributed by atoms with Crippen molar-refractivity contribution in [2.75, 3.05) is 40.3 Å². The van der Waals surface area contributed by atoms with E-state index in [2.05, 4.69) is 15.3 Å². The largest absolute Gasteiger partial charge is 0.357 e. The number of likely N-dealkylation sites (N-methyl/N-ethyl adjacent to an activating group) is 1. The Kier molecular flexibility index (Phi) is 6.26. The Balaban J connectivity index is 1.52. The summed E-state index contributed by atoms with van der Waals surface area (Å²) in [5.74, 6) is 0.00172. The highest BCUT2D eigenvalue weighted by molar-refractivity contribution is 6.07. The highest BCUT2D eigenvalue weighted by Crippen LogP contribution is 2.46. The van der Waals surface area contributed by atoms with Gasteiger partial charge in [-0.05, 0) is 44.6 Å². The minimum Gasteiger partial charge on any atom is -0.357 e. The van der Waals surface area contributed by atoms with Gasteiger partial charge < -0.3 is 20.1 Å². The highest BCUT2D eigenvalue weighted by Gasteiger charge is 2.45. The molecule has 5 rings (SSSR count). The van der Waals surface area contributed by atoms with Crippen molar-refractivity contribution in [3.05, 3.63) is 78.3 Å². The zero-order valence-electron chi connectivity index (χ0n) is 20.3. The van der Waals surface area contributed by atoms with Gasteiger partial charge in [0, 0.05) is 66.9 Å². The molecular formula is C28H31N5O2. The number of hydrogen-bond donors (Lipinski definition) is 2. The maximum absolute atomic E-state index is 13.3. The van der Waals surface area contributed by atoms with E-state index in [0.29, 0.717) is 19.6 Å². The van der Waals surface area contributed by atoms with Crippen LogP contribution >= 0.6 is 0 Å². The molecule has 1 aromatic carbocycles. The maximum Gasteiger partial charge on any atom is 0.253 e. The van der Waals surface area contributed by atoms with Gasteiger partial charge in [-0.2, -0.15) is 0 Å². The van der Waals surface area contributed by atoms with Crippen molar-refractivity contribution < 1.29 is 9.59 Å². The predicted octanol–water partition coefficient (Wildman–Crippen LogP) is 3.47. The van der Waals surface area contributed by atoms with Crippen molar-refractivity contribution in [1.29, 1.82) is 0 Å². The molecule has 0 aliphatic carbocycles. The monoisotopic (exact) mass is 469 g/mol. The van der Waals surface area contributed by atoms with Crippen LogP contribution < -0.4 is 5.32 Å². The normalized spacial score (nSPS) is 17.1. The summed E-state index contributed by atoms with van der Waals surface area (Å²) in [5.41, 5.74) is 5.33. The van der Waals surface area contributed by atoms with Crippen molar-refractivity contribution >= 4 is 11.8 Å². The predicted molar refractivity (Wildman–Crippen MR) is 137 cm³/mol. The average Bonchev–Trinajstić information content (AvgIpc) is 3.30. The molecular weight excluding hydrogens is 438 g/mol. The number of benzene rings is 1. The Labute approximate surface area is 205 Å². The second-order valence-electron chi connectivity index (χ2n) is 9.68. The second kappa shape index (κ2) is 9.50. The molecule has 0 saturated carbocycles. The van der Waals surface area contributed by atoms with E-state index in [4.69, 9.17) is 0 Å². The van der Waals surface area contributed by atoms with Crippen molar-refractivity contribution in [2.24, 2.45) is 0 Å². The van der Waals surface area contributed by atoms with Crippen molar-refractivity contribution in [2.45, 2.75) is 18.3 Å². The van der Waals surface area contributed by atoms with Crippen LogP contribution in [0.1, 0.15) is 28.9 Å². The molecule has 4 heterocycles. The summed E-state index contributed by atoms with van der Waals surface area (Å²) in [4.78, 5) is 37.8. The highest BCUT2D eigenvalue weighted by atomic mass is 16.2. The first kappa shape index (κ1) is 23.1. The zero-order chi connectivity index (χ0) is 24.4. The van der Waals surface area contributed by atoms with Gasteiger partial charge in [0.05, 0.1) is 11.3 Å². The number of nitrogens with zero attached hydrogens (tertiary/aromatic N) is 3. The van der Waals surface area contributed by atoms with E-state index in [-0.39, 0.29) is 17.2 Å². The van der Waals surface area contributed by atoms with Crippen molar-refractivity contribution in [3.63, 3.8) is 0 Å². The zero-order valence-corrected chi connectivity index (χ0v) is 20.3. The summed E-state index contributed by atoms with van der Waals surface area (Å²) < 4.78 is 0. The van der Waals surface area contributed by atoms with E-state index < -0.39 is 0 Å². The average molecular weight is 470 g/mol. The Morgan fingerprint density at radius 2 is 1.77 bits per heavy atom. The third-order valence-corrected chi connectivity index (χ3v) is 7.14. The maximum atomic E-state index is 13.3. The number of aromatic nitrogens is 2. The number of rotatable bonds is 5. The van der Waals surface area contributed by atoms with Gasteiger partial charge in [0.25, 0.3) is 5.91 Å². The Morgan fingerprint density at radius 3 is 2.46 bits per heavy atom. The number of carbonyl (C=O) groups excluding carboxylic acids is 2. The number of piperidine rings is 1. The van der Waals surface area contributed by atoms with Crippen LogP contribution in [-0.2, 0) is 10.2 Å². The van der Waals surface area contributed by atoms with Gasteiger partial charge in [0.2, 0.25) is 5.91 Å². The molecule has 0 unspecified atom stereocenters. The number of H-pyrrole nitrogens is 1. The first-order valence-corrected chi connectivity index (χ1v) is 12.1. The first-order valence-electron chi connectivity index (χ1n) is 12.1.